The van der Waals surface area contributed by atoms with Crippen LogP contribution in [0.25, 0.3) is 21.5 Å². The zero-order chi connectivity index (χ0) is 41.4. The molecule has 0 aliphatic carbocycles. The Balaban J connectivity index is 1.51. The highest BCUT2D eigenvalue weighted by atomic mass is 79.9. The normalized spacial score (nSPS) is 12.9. The van der Waals surface area contributed by atoms with Crippen LogP contribution in [0.1, 0.15) is 0 Å². The Morgan fingerprint density at radius 2 is 1.40 bits per heavy atom. The number of aromatic hydroxyl groups is 1. The van der Waals surface area contributed by atoms with Gasteiger partial charge >= 0.3 is 0 Å². The summed E-state index contributed by atoms with van der Waals surface area (Å²) in [7, 11) is -15.4. The van der Waals surface area contributed by atoms with E-state index in [4.69, 9.17) is 11.6 Å². The van der Waals surface area contributed by atoms with Crippen molar-refractivity contribution in [1.82, 2.24) is 15.0 Å². The Morgan fingerprint density at radius 1 is 0.754 bits per heavy atom. The average molecular weight is 987 g/mol. The topological polar surface area (TPSA) is 300 Å². The Hall–Kier alpha value is -4.92. The molecular weight excluding hydrogens is 964 g/mol. The molecule has 0 spiro atoms. The number of hydrogen-bond donors (Lipinski definition) is 7. The molecule has 1 unspecified atom stereocenters. The van der Waals surface area contributed by atoms with Crippen LogP contribution in [0, 0.1) is 0 Å². The van der Waals surface area contributed by atoms with Gasteiger partial charge in [0.25, 0.3) is 30.4 Å². The number of phenolic OH excluding ortho intramolecular Hbond substituents is 1. The lowest BCUT2D eigenvalue weighted by molar-refractivity contribution is -0.115. The number of amides is 1. The molecule has 0 saturated heterocycles. The SMILES string of the molecule is O=C(Nc1ccc(S(=O)(=O)O)c(/N=N/c2c(S(=O)(=O)O)cc3cc(S(=O)(=O)O)cc(Nc4nc(Cl)nc(Nc5cccc6ccccc56)n4)c3c2O)c1)C(Br)CBr. The van der Waals surface area contributed by atoms with Crippen LogP contribution in [0.15, 0.2) is 104 Å². The third-order valence-electron chi connectivity index (χ3n) is 7.77. The molecule has 0 saturated carbocycles. The van der Waals surface area contributed by atoms with E-state index in [0.717, 1.165) is 41.1 Å². The van der Waals surface area contributed by atoms with Crippen LogP contribution in [-0.2, 0) is 35.1 Å². The van der Waals surface area contributed by atoms with Crippen molar-refractivity contribution < 1.29 is 48.8 Å². The van der Waals surface area contributed by atoms with Gasteiger partial charge < -0.3 is 21.1 Å². The number of halogens is 3. The van der Waals surface area contributed by atoms with Gasteiger partial charge in [-0.2, -0.15) is 40.2 Å². The fourth-order valence-corrected chi connectivity index (χ4v) is 7.70. The molecule has 0 radical (unpaired) electrons. The van der Waals surface area contributed by atoms with Crippen molar-refractivity contribution >= 4 is 142 Å². The largest absolute Gasteiger partial charge is 0.505 e. The van der Waals surface area contributed by atoms with Crippen LogP contribution in [0.3, 0.4) is 0 Å². The molecule has 57 heavy (non-hydrogen) atoms. The first-order chi connectivity index (χ1) is 26.7. The lowest BCUT2D eigenvalue weighted by Crippen LogP contribution is -2.23. The Morgan fingerprint density at radius 3 is 2.05 bits per heavy atom. The van der Waals surface area contributed by atoms with Crippen LogP contribution < -0.4 is 16.0 Å². The quantitative estimate of drug-likeness (QED) is 0.0360. The number of benzene rings is 5. The van der Waals surface area contributed by atoms with Gasteiger partial charge in [0.1, 0.15) is 26.0 Å². The van der Waals surface area contributed by atoms with Gasteiger partial charge in [0.05, 0.1) is 10.6 Å². The van der Waals surface area contributed by atoms with Crippen molar-refractivity contribution in [3.05, 3.63) is 84.1 Å². The molecule has 7 N–H and O–H groups in total. The highest BCUT2D eigenvalue weighted by Crippen LogP contribution is 2.46. The maximum atomic E-state index is 12.6. The van der Waals surface area contributed by atoms with E-state index in [1.54, 1.807) is 12.1 Å². The van der Waals surface area contributed by atoms with E-state index in [1.807, 2.05) is 30.3 Å². The summed E-state index contributed by atoms with van der Waals surface area (Å²) in [6.45, 7) is 0. The number of aromatic nitrogens is 3. The van der Waals surface area contributed by atoms with Gasteiger partial charge in [0.2, 0.25) is 23.1 Å². The molecule has 6 rings (SSSR count). The summed E-state index contributed by atoms with van der Waals surface area (Å²) in [5.41, 5.74) is -1.53. The van der Waals surface area contributed by atoms with Crippen LogP contribution in [-0.4, -0.2) is 75.0 Å². The van der Waals surface area contributed by atoms with Crippen molar-refractivity contribution in [2.75, 3.05) is 21.3 Å². The van der Waals surface area contributed by atoms with Gasteiger partial charge in [0, 0.05) is 27.5 Å². The fourth-order valence-electron chi connectivity index (χ4n) is 5.32. The van der Waals surface area contributed by atoms with Gasteiger partial charge in [-0.1, -0.05) is 68.3 Å². The molecule has 0 aliphatic rings. The molecule has 0 bridgehead atoms. The van der Waals surface area contributed by atoms with E-state index in [9.17, 15) is 48.8 Å². The number of azo groups is 1. The van der Waals surface area contributed by atoms with Gasteiger partial charge in [-0.25, -0.2) is 0 Å². The number of carbonyl (C=O) groups is 1. The number of nitrogens with one attached hydrogen (secondary N) is 3. The van der Waals surface area contributed by atoms with E-state index in [0.29, 0.717) is 11.8 Å². The average Bonchev–Trinajstić information content (AvgIpc) is 3.12. The molecule has 0 fully saturated rings. The number of nitrogens with zero attached hydrogens (tertiary/aromatic N) is 5. The van der Waals surface area contributed by atoms with Crippen molar-refractivity contribution in [2.24, 2.45) is 10.2 Å². The summed E-state index contributed by atoms with van der Waals surface area (Å²) >= 11 is 12.5. The molecule has 1 atom stereocenters. The molecule has 5 aromatic carbocycles. The van der Waals surface area contributed by atoms with Crippen LogP contribution in [0.5, 0.6) is 5.75 Å². The molecule has 1 amide bonds. The second-order valence-corrected chi connectivity index (χ2v) is 17.9. The molecule has 296 valence electrons. The van der Waals surface area contributed by atoms with Gasteiger partial charge in [0.15, 0.2) is 5.75 Å². The van der Waals surface area contributed by atoms with Gasteiger partial charge in [-0.3, -0.25) is 18.5 Å². The van der Waals surface area contributed by atoms with Crippen molar-refractivity contribution in [3.8, 4) is 5.75 Å². The lowest BCUT2D eigenvalue weighted by atomic mass is 10.1. The maximum Gasteiger partial charge on any atom is 0.296 e. The van der Waals surface area contributed by atoms with Crippen LogP contribution >= 0.6 is 43.5 Å². The second kappa shape index (κ2) is 16.1. The predicted molar refractivity (Wildman–Crippen MR) is 216 cm³/mol. The Kier molecular flexibility index (Phi) is 11.8. The highest BCUT2D eigenvalue weighted by Gasteiger charge is 2.27. The molecule has 0 aliphatic heterocycles. The standard InChI is InChI=1S/C32H23Br2ClN8O11S3/c33-14-20(34)29(45)36-17-8-9-24(56(49,50)51)22(12-17)42-43-27-25(57(52,53)54)11-16-10-18(55(46,47)48)13-23(26(16)28(27)44)38-32-40-30(35)39-31(41-32)37-21-7-3-5-15-4-1-2-6-19(15)21/h1-13,20,44H,14H2,(H,36,45)(H,46,47,48)(H,49,50,51)(H,52,53,54)(H2,37,38,39,40,41)/b43-42+. The number of rotatable bonds is 12. The number of hydrogen-bond acceptors (Lipinski definition) is 15. The molecular formula is C32H23Br2ClN8O11S3. The first-order valence-corrected chi connectivity index (χ1v) is 22.2. The third kappa shape index (κ3) is 9.45. The van der Waals surface area contributed by atoms with Crippen LogP contribution in [0.2, 0.25) is 5.28 Å². The zero-order valence-corrected chi connectivity index (χ0v) is 34.4. The number of alkyl halides is 2. The van der Waals surface area contributed by atoms with E-state index in [2.05, 4.69) is 73.0 Å². The second-order valence-electron chi connectivity index (χ2n) is 11.6. The summed E-state index contributed by atoms with van der Waals surface area (Å²) in [4.78, 5) is 21.2. The van der Waals surface area contributed by atoms with Crippen LogP contribution in [0.4, 0.5) is 40.3 Å². The summed E-state index contributed by atoms with van der Waals surface area (Å²) in [5.74, 6) is -2.10. The molecule has 1 heterocycles. The van der Waals surface area contributed by atoms with E-state index >= 15 is 0 Å². The molecule has 6 aromatic rings. The van der Waals surface area contributed by atoms with Gasteiger partial charge in [-0.05, 0) is 64.8 Å². The summed E-state index contributed by atoms with van der Waals surface area (Å²) in [5, 5.41) is 27.9. The number of fused-ring (bicyclic) bond motifs is 2. The monoisotopic (exact) mass is 984 g/mol. The molecule has 1 aromatic heterocycles. The minimum atomic E-state index is -5.34. The van der Waals surface area contributed by atoms with Gasteiger partial charge in [-0.15, -0.1) is 10.2 Å². The van der Waals surface area contributed by atoms with E-state index in [1.165, 1.54) is 0 Å². The predicted octanol–water partition coefficient (Wildman–Crippen LogP) is 7.28. The van der Waals surface area contributed by atoms with E-state index in [-0.39, 0.29) is 28.2 Å². The lowest BCUT2D eigenvalue weighted by Gasteiger charge is -2.15. The molecule has 25 heteroatoms. The Bertz CT molecular complexity index is 2990. The minimum Gasteiger partial charge on any atom is -0.505 e. The Labute approximate surface area is 344 Å². The number of phenols is 1. The van der Waals surface area contributed by atoms with E-state index < -0.39 is 89.4 Å². The first kappa shape index (κ1) is 41.7. The minimum absolute atomic E-state index is 0.0426. The number of anilines is 5. The van der Waals surface area contributed by atoms with Crippen molar-refractivity contribution in [1.29, 1.82) is 0 Å². The van der Waals surface area contributed by atoms with Crippen molar-refractivity contribution in [2.45, 2.75) is 19.5 Å². The number of carbonyl (C=O) groups excluding carboxylic acids is 1. The summed E-state index contributed by atoms with van der Waals surface area (Å²) in [6.07, 6.45) is 0. The highest BCUT2D eigenvalue weighted by molar-refractivity contribution is 9.12. The summed E-state index contributed by atoms with van der Waals surface area (Å²) < 4.78 is 104. The molecule has 19 nitrogen and oxygen atoms in total. The van der Waals surface area contributed by atoms with Crippen molar-refractivity contribution in [3.63, 3.8) is 0 Å². The third-order valence-corrected chi connectivity index (χ3v) is 12.8. The smallest absolute Gasteiger partial charge is 0.296 e. The zero-order valence-electron chi connectivity index (χ0n) is 28.0. The fraction of sp³-hybridized carbons (Fsp3) is 0.0625. The first-order valence-electron chi connectivity index (χ1n) is 15.5. The maximum absolute atomic E-state index is 12.6. The summed E-state index contributed by atoms with van der Waals surface area (Å²) in [6, 6.07) is 18.0.